The molecule has 0 spiro atoms. The number of ketones is 1. The lowest BCUT2D eigenvalue weighted by molar-refractivity contribution is 0.0844. The van der Waals surface area contributed by atoms with E-state index in [1.165, 1.54) is 18.2 Å². The molecule has 0 aromatic heterocycles. The fraction of sp³-hybridized carbons (Fsp3) is 0.278. The van der Waals surface area contributed by atoms with Gasteiger partial charge in [-0.05, 0) is 18.4 Å². The van der Waals surface area contributed by atoms with Crippen molar-refractivity contribution in [2.75, 3.05) is 6.26 Å². The van der Waals surface area contributed by atoms with Crippen molar-refractivity contribution in [1.82, 2.24) is 0 Å². The molecule has 8 heteroatoms. The third-order valence-electron chi connectivity index (χ3n) is 3.45. The summed E-state index contributed by atoms with van der Waals surface area (Å²) in [5.74, 6) is -2.80. The van der Waals surface area contributed by atoms with Crippen LogP contribution in [0.4, 0.5) is 0 Å². The van der Waals surface area contributed by atoms with Crippen LogP contribution in [0.5, 0.6) is 34.5 Å². The molecule has 26 heavy (non-hydrogen) atoms. The zero-order chi connectivity index (χ0) is 20.0. The molecule has 0 aliphatic carbocycles. The highest BCUT2D eigenvalue weighted by atomic mass is 32.1. The summed E-state index contributed by atoms with van der Waals surface area (Å²) in [6, 6.07) is 4.57. The van der Waals surface area contributed by atoms with Crippen LogP contribution in [0.3, 0.4) is 0 Å². The highest BCUT2D eigenvalue weighted by molar-refractivity contribution is 7.79. The van der Waals surface area contributed by atoms with Gasteiger partial charge in [-0.15, -0.1) is 0 Å². The van der Waals surface area contributed by atoms with E-state index in [1.807, 2.05) is 13.8 Å². The maximum Gasteiger partial charge on any atom is 0.200 e. The Labute approximate surface area is 156 Å². The third kappa shape index (κ3) is 4.26. The van der Waals surface area contributed by atoms with Crippen molar-refractivity contribution >= 4 is 18.4 Å². The van der Waals surface area contributed by atoms with E-state index in [0.29, 0.717) is 0 Å². The van der Waals surface area contributed by atoms with Crippen LogP contribution in [-0.2, 0) is 0 Å². The van der Waals surface area contributed by atoms with E-state index in [2.05, 4.69) is 12.6 Å². The standard InChI is InChI=1S/C15H12O7.C2H6.CH4S/c16-7-3-8(17)14-9(18)5-12(22-13(14)4-7)6-1-10(19)15(21)11(20)2-6;2*1-2/h1-4,12,16-17,19-21H,5H2;1-2H3;2H,1H3. The lowest BCUT2D eigenvalue weighted by Crippen LogP contribution is -2.20. The van der Waals surface area contributed by atoms with E-state index >= 15 is 0 Å². The Kier molecular flexibility index (Phi) is 7.45. The van der Waals surface area contributed by atoms with Crippen molar-refractivity contribution in [2.24, 2.45) is 0 Å². The second kappa shape index (κ2) is 9.10. The summed E-state index contributed by atoms with van der Waals surface area (Å²) < 4.78 is 5.56. The molecule has 0 fully saturated rings. The normalized spacial score (nSPS) is 14.8. The molecule has 1 atom stereocenters. The Bertz CT molecular complexity index is 766. The highest BCUT2D eigenvalue weighted by Crippen LogP contribution is 2.44. The van der Waals surface area contributed by atoms with Gasteiger partial charge in [-0.1, -0.05) is 13.8 Å². The molecule has 1 heterocycles. The van der Waals surface area contributed by atoms with Crippen molar-refractivity contribution < 1.29 is 35.1 Å². The van der Waals surface area contributed by atoms with Gasteiger partial charge < -0.3 is 30.3 Å². The van der Waals surface area contributed by atoms with Gasteiger partial charge in [-0.25, -0.2) is 0 Å². The topological polar surface area (TPSA) is 127 Å². The summed E-state index contributed by atoms with van der Waals surface area (Å²) in [6.45, 7) is 4.00. The molecule has 5 N–H and O–H groups in total. The first-order valence-electron chi connectivity index (χ1n) is 7.82. The number of carbonyl (C=O) groups is 1. The first-order valence-corrected chi connectivity index (χ1v) is 8.71. The van der Waals surface area contributed by atoms with E-state index in [4.69, 9.17) is 4.74 Å². The number of thiol groups is 1. The summed E-state index contributed by atoms with van der Waals surface area (Å²) in [5, 5.41) is 47.6. The molecule has 1 aliphatic heterocycles. The Balaban J connectivity index is 0.000000791. The van der Waals surface area contributed by atoms with Crippen LogP contribution in [0.25, 0.3) is 0 Å². The van der Waals surface area contributed by atoms with E-state index in [9.17, 15) is 30.3 Å². The average molecular weight is 382 g/mol. The van der Waals surface area contributed by atoms with Gasteiger partial charge in [0.2, 0.25) is 0 Å². The molecular weight excluding hydrogens is 360 g/mol. The van der Waals surface area contributed by atoms with Gasteiger partial charge in [-0.2, -0.15) is 12.6 Å². The van der Waals surface area contributed by atoms with Crippen LogP contribution in [-0.4, -0.2) is 37.6 Å². The molecule has 0 radical (unpaired) electrons. The SMILES string of the molecule is CC.CS.O=C1CC(c2cc(O)c(O)c(O)c2)Oc2cc(O)cc(O)c21. The monoisotopic (exact) mass is 382 g/mol. The minimum atomic E-state index is -0.835. The number of ether oxygens (including phenoxy) is 1. The first kappa shape index (κ1) is 21.3. The molecule has 7 nitrogen and oxygen atoms in total. The number of Topliss-reactive ketones (excluding diaryl/α,β-unsaturated/α-hetero) is 1. The summed E-state index contributed by atoms with van der Waals surface area (Å²) in [7, 11) is 0. The number of hydrogen-bond acceptors (Lipinski definition) is 8. The number of benzene rings is 2. The minimum Gasteiger partial charge on any atom is -0.508 e. The van der Waals surface area contributed by atoms with Gasteiger partial charge in [0.25, 0.3) is 0 Å². The molecule has 3 rings (SSSR count). The van der Waals surface area contributed by atoms with Gasteiger partial charge in [-0.3, -0.25) is 4.79 Å². The molecule has 0 bridgehead atoms. The number of aromatic hydroxyl groups is 5. The van der Waals surface area contributed by atoms with Crippen LogP contribution in [0.2, 0.25) is 0 Å². The van der Waals surface area contributed by atoms with E-state index < -0.39 is 29.1 Å². The van der Waals surface area contributed by atoms with E-state index in [1.54, 1.807) is 6.26 Å². The molecule has 142 valence electrons. The fourth-order valence-electron chi connectivity index (χ4n) is 2.42. The number of carbonyl (C=O) groups excluding carboxylic acids is 1. The zero-order valence-corrected chi connectivity index (χ0v) is 15.5. The Morgan fingerprint density at radius 3 is 2.00 bits per heavy atom. The Morgan fingerprint density at radius 1 is 0.923 bits per heavy atom. The second-order valence-electron chi connectivity index (χ2n) is 4.98. The van der Waals surface area contributed by atoms with Crippen LogP contribution >= 0.6 is 12.6 Å². The van der Waals surface area contributed by atoms with Crippen molar-refractivity contribution in [3.8, 4) is 34.5 Å². The smallest absolute Gasteiger partial charge is 0.200 e. The number of phenolic OH excluding ortho intramolecular Hbond substituents is 5. The number of fused-ring (bicyclic) bond motifs is 1. The molecule has 2 aromatic rings. The van der Waals surface area contributed by atoms with Crippen molar-refractivity contribution in [3.05, 3.63) is 35.4 Å². The van der Waals surface area contributed by atoms with Crippen LogP contribution in [0.15, 0.2) is 24.3 Å². The molecule has 0 saturated heterocycles. The second-order valence-corrected chi connectivity index (χ2v) is 4.98. The number of phenols is 5. The van der Waals surface area contributed by atoms with Crippen molar-refractivity contribution in [2.45, 2.75) is 26.4 Å². The van der Waals surface area contributed by atoms with Crippen molar-refractivity contribution in [3.63, 3.8) is 0 Å². The van der Waals surface area contributed by atoms with Gasteiger partial charge in [0, 0.05) is 17.7 Å². The zero-order valence-electron chi connectivity index (χ0n) is 14.6. The summed E-state index contributed by atoms with van der Waals surface area (Å²) in [6.07, 6.45) is 0.730. The first-order chi connectivity index (χ1) is 12.4. The van der Waals surface area contributed by atoms with Gasteiger partial charge >= 0.3 is 0 Å². The summed E-state index contributed by atoms with van der Waals surface area (Å²) in [4.78, 5) is 12.1. The molecule has 2 aromatic carbocycles. The minimum absolute atomic E-state index is 0.00537. The lowest BCUT2D eigenvalue weighted by atomic mass is 9.95. The quantitative estimate of drug-likeness (QED) is 0.329. The molecule has 1 unspecified atom stereocenters. The van der Waals surface area contributed by atoms with Gasteiger partial charge in [0.1, 0.15) is 28.9 Å². The Hall–Kier alpha value is -2.74. The maximum absolute atomic E-state index is 12.1. The van der Waals surface area contributed by atoms with E-state index in [-0.39, 0.29) is 34.8 Å². The molecule has 0 amide bonds. The molecule has 1 aliphatic rings. The van der Waals surface area contributed by atoms with Crippen LogP contribution < -0.4 is 4.74 Å². The predicted octanol–water partition coefficient (Wildman–Crippen LogP) is 3.49. The fourth-order valence-corrected chi connectivity index (χ4v) is 2.42. The highest BCUT2D eigenvalue weighted by Gasteiger charge is 2.31. The van der Waals surface area contributed by atoms with Crippen LogP contribution in [0.1, 0.15) is 42.3 Å². The van der Waals surface area contributed by atoms with Crippen LogP contribution in [0, 0.1) is 0 Å². The summed E-state index contributed by atoms with van der Waals surface area (Å²) in [5.41, 5.74) is 0.246. The van der Waals surface area contributed by atoms with Gasteiger partial charge in [0.05, 0.1) is 6.42 Å². The number of hydrogen-bond donors (Lipinski definition) is 6. The van der Waals surface area contributed by atoms with Crippen molar-refractivity contribution in [1.29, 1.82) is 0 Å². The predicted molar refractivity (Wildman–Crippen MR) is 99.8 cm³/mol. The van der Waals surface area contributed by atoms with Gasteiger partial charge in [0.15, 0.2) is 23.0 Å². The molecular formula is C18H22O7S. The largest absolute Gasteiger partial charge is 0.508 e. The Morgan fingerprint density at radius 2 is 1.46 bits per heavy atom. The lowest BCUT2D eigenvalue weighted by Gasteiger charge is -2.26. The summed E-state index contributed by atoms with van der Waals surface area (Å²) >= 11 is 3.53. The third-order valence-corrected chi connectivity index (χ3v) is 3.45. The molecule has 0 saturated carbocycles. The maximum atomic E-state index is 12.1. The van der Waals surface area contributed by atoms with E-state index in [0.717, 1.165) is 6.07 Å². The number of rotatable bonds is 1. The average Bonchev–Trinajstić information content (AvgIpc) is 2.61.